The Morgan fingerprint density at radius 3 is 2.46 bits per heavy atom. The van der Waals surface area contributed by atoms with Gasteiger partial charge in [-0.15, -0.1) is 22.7 Å². The molecule has 0 aliphatic carbocycles. The van der Waals surface area contributed by atoms with Crippen LogP contribution in [0.2, 0.25) is 0 Å². The maximum atomic E-state index is 12.8. The first kappa shape index (κ1) is 19.4. The molecule has 2 aromatic rings. The summed E-state index contributed by atoms with van der Waals surface area (Å²) in [7, 11) is -3.46. The van der Waals surface area contributed by atoms with Crippen molar-refractivity contribution in [3.63, 3.8) is 0 Å². The number of aryl methyl sites for hydroxylation is 3. The van der Waals surface area contributed by atoms with Crippen molar-refractivity contribution in [1.82, 2.24) is 14.2 Å². The molecular formula is C16H22N4O3S3. The van der Waals surface area contributed by atoms with Crippen LogP contribution < -0.4 is 5.32 Å². The lowest BCUT2D eigenvalue weighted by Crippen LogP contribution is -2.50. The quantitative estimate of drug-likeness (QED) is 0.810. The summed E-state index contributed by atoms with van der Waals surface area (Å²) < 4.78 is 27.2. The summed E-state index contributed by atoms with van der Waals surface area (Å²) in [6.45, 7) is 7.71. The molecule has 142 valence electrons. The summed E-state index contributed by atoms with van der Waals surface area (Å²) in [5, 5.41) is 5.26. The molecule has 1 N–H and O–H groups in total. The number of thiazole rings is 1. The minimum atomic E-state index is -3.46. The number of carbonyl (C=O) groups excluding carboxylic acids is 1. The van der Waals surface area contributed by atoms with Crippen molar-refractivity contribution >= 4 is 43.7 Å². The molecule has 7 nitrogen and oxygen atoms in total. The lowest BCUT2D eigenvalue weighted by molar-refractivity contribution is -0.117. The zero-order chi connectivity index (χ0) is 18.9. The number of sulfonamides is 1. The molecule has 1 amide bonds. The molecule has 0 radical (unpaired) electrons. The van der Waals surface area contributed by atoms with Gasteiger partial charge in [0.05, 0.1) is 17.1 Å². The molecule has 0 spiro atoms. The predicted molar refractivity (Wildman–Crippen MR) is 104 cm³/mol. The number of hydrogen-bond donors (Lipinski definition) is 1. The van der Waals surface area contributed by atoms with Gasteiger partial charge in [0.25, 0.3) is 0 Å². The van der Waals surface area contributed by atoms with Crippen LogP contribution in [0.3, 0.4) is 0 Å². The number of rotatable bonds is 5. The highest BCUT2D eigenvalue weighted by molar-refractivity contribution is 7.89. The second-order valence-corrected chi connectivity index (χ2v) is 10.5. The molecule has 0 atom stereocenters. The Kier molecular flexibility index (Phi) is 5.78. The fraction of sp³-hybridized carbons (Fsp3) is 0.500. The zero-order valence-electron chi connectivity index (χ0n) is 15.0. The smallest absolute Gasteiger partial charge is 0.244 e. The van der Waals surface area contributed by atoms with E-state index in [1.807, 2.05) is 31.1 Å². The van der Waals surface area contributed by atoms with Crippen LogP contribution >= 0.6 is 22.7 Å². The highest BCUT2D eigenvalue weighted by Gasteiger charge is 2.31. The molecule has 26 heavy (non-hydrogen) atoms. The van der Waals surface area contributed by atoms with Gasteiger partial charge in [-0.2, -0.15) is 4.31 Å². The Hall–Kier alpha value is -1.33. The van der Waals surface area contributed by atoms with E-state index in [4.69, 9.17) is 0 Å². The predicted octanol–water partition coefficient (Wildman–Crippen LogP) is 2.07. The fourth-order valence-electron chi connectivity index (χ4n) is 2.90. The van der Waals surface area contributed by atoms with E-state index in [1.54, 1.807) is 6.07 Å². The van der Waals surface area contributed by atoms with Gasteiger partial charge < -0.3 is 5.32 Å². The Balaban J connectivity index is 1.55. The third-order valence-corrected chi connectivity index (χ3v) is 8.17. The monoisotopic (exact) mass is 414 g/mol. The minimum absolute atomic E-state index is 0.125. The van der Waals surface area contributed by atoms with Gasteiger partial charge in [0.15, 0.2) is 5.13 Å². The summed E-state index contributed by atoms with van der Waals surface area (Å²) in [4.78, 5) is 20.5. The number of nitrogens with zero attached hydrogens (tertiary/aromatic N) is 3. The lowest BCUT2D eigenvalue weighted by Gasteiger charge is -2.33. The standard InChI is InChI=1S/C16H22N4O3S3/c1-11-10-24-16(17-11)18-15(21)9-19-4-6-20(7-5-19)26(22,23)14-8-12(2)25-13(14)3/h8,10H,4-7,9H2,1-3H3,(H,17,18,21). The molecule has 0 aromatic carbocycles. The molecule has 0 unspecified atom stereocenters. The Labute approximate surface area is 161 Å². The maximum Gasteiger partial charge on any atom is 0.244 e. The average Bonchev–Trinajstić information content (AvgIpc) is 3.13. The van der Waals surface area contributed by atoms with Crippen LogP contribution in [0.25, 0.3) is 0 Å². The van der Waals surface area contributed by atoms with E-state index in [0.29, 0.717) is 36.2 Å². The van der Waals surface area contributed by atoms with E-state index >= 15 is 0 Å². The van der Waals surface area contributed by atoms with Crippen molar-refractivity contribution in [1.29, 1.82) is 0 Å². The second kappa shape index (κ2) is 7.73. The first-order valence-electron chi connectivity index (χ1n) is 8.27. The van der Waals surface area contributed by atoms with E-state index < -0.39 is 10.0 Å². The summed E-state index contributed by atoms with van der Waals surface area (Å²) in [6, 6.07) is 1.74. The number of nitrogens with one attached hydrogen (secondary N) is 1. The van der Waals surface area contributed by atoms with Crippen molar-refractivity contribution in [3.05, 3.63) is 26.9 Å². The number of aromatic nitrogens is 1. The van der Waals surface area contributed by atoms with E-state index in [1.165, 1.54) is 27.0 Å². The van der Waals surface area contributed by atoms with Crippen molar-refractivity contribution in [3.8, 4) is 0 Å². The van der Waals surface area contributed by atoms with Crippen LogP contribution in [-0.4, -0.2) is 61.2 Å². The van der Waals surface area contributed by atoms with Crippen molar-refractivity contribution in [2.24, 2.45) is 0 Å². The van der Waals surface area contributed by atoms with Gasteiger partial charge >= 0.3 is 0 Å². The first-order valence-corrected chi connectivity index (χ1v) is 11.4. The zero-order valence-corrected chi connectivity index (χ0v) is 17.4. The highest BCUT2D eigenvalue weighted by Crippen LogP contribution is 2.28. The van der Waals surface area contributed by atoms with E-state index in [2.05, 4.69) is 10.3 Å². The highest BCUT2D eigenvalue weighted by atomic mass is 32.2. The lowest BCUT2D eigenvalue weighted by atomic mass is 10.3. The topological polar surface area (TPSA) is 82.6 Å². The fourth-order valence-corrected chi connectivity index (χ4v) is 6.55. The molecular weight excluding hydrogens is 392 g/mol. The molecule has 0 saturated carbocycles. The van der Waals surface area contributed by atoms with Gasteiger partial charge in [-0.3, -0.25) is 9.69 Å². The average molecular weight is 415 g/mol. The minimum Gasteiger partial charge on any atom is -0.301 e. The van der Waals surface area contributed by atoms with Crippen LogP contribution in [0.4, 0.5) is 5.13 Å². The number of anilines is 1. The Bertz CT molecular complexity index is 896. The van der Waals surface area contributed by atoms with Crippen LogP contribution in [0, 0.1) is 20.8 Å². The molecule has 1 fully saturated rings. The largest absolute Gasteiger partial charge is 0.301 e. The van der Waals surface area contributed by atoms with Gasteiger partial charge in [-0.05, 0) is 26.8 Å². The first-order chi connectivity index (χ1) is 12.3. The van der Waals surface area contributed by atoms with Crippen LogP contribution in [0.1, 0.15) is 15.4 Å². The molecule has 1 aliphatic rings. The van der Waals surface area contributed by atoms with Crippen molar-refractivity contribution in [2.75, 3.05) is 38.0 Å². The van der Waals surface area contributed by atoms with Crippen LogP contribution in [0.15, 0.2) is 16.3 Å². The van der Waals surface area contributed by atoms with E-state index in [-0.39, 0.29) is 12.5 Å². The summed E-state index contributed by atoms with van der Waals surface area (Å²) in [5.41, 5.74) is 0.878. The van der Waals surface area contributed by atoms with Crippen LogP contribution in [-0.2, 0) is 14.8 Å². The normalized spacial score (nSPS) is 16.7. The maximum absolute atomic E-state index is 12.8. The molecule has 1 aliphatic heterocycles. The molecule has 2 aromatic heterocycles. The summed E-state index contributed by atoms with van der Waals surface area (Å²) in [6.07, 6.45) is 0. The second-order valence-electron chi connectivity index (χ2n) is 6.30. The molecule has 1 saturated heterocycles. The number of piperazine rings is 1. The van der Waals surface area contributed by atoms with Gasteiger partial charge in [-0.25, -0.2) is 13.4 Å². The number of thiophene rings is 1. The van der Waals surface area contributed by atoms with Gasteiger partial charge in [0.2, 0.25) is 15.9 Å². The van der Waals surface area contributed by atoms with Crippen molar-refractivity contribution in [2.45, 2.75) is 25.7 Å². The third-order valence-electron chi connectivity index (χ3n) is 4.18. The Morgan fingerprint density at radius 1 is 1.23 bits per heavy atom. The van der Waals surface area contributed by atoms with Crippen LogP contribution in [0.5, 0.6) is 0 Å². The summed E-state index contributed by atoms with van der Waals surface area (Å²) >= 11 is 2.89. The number of carbonyl (C=O) groups is 1. The van der Waals surface area contributed by atoms with E-state index in [0.717, 1.165) is 15.4 Å². The molecule has 10 heteroatoms. The van der Waals surface area contributed by atoms with Gasteiger partial charge in [0, 0.05) is 41.3 Å². The Morgan fingerprint density at radius 2 is 1.92 bits per heavy atom. The molecule has 0 bridgehead atoms. The SMILES string of the molecule is Cc1csc(NC(=O)CN2CCN(S(=O)(=O)c3cc(C)sc3C)CC2)n1. The van der Waals surface area contributed by atoms with Crippen molar-refractivity contribution < 1.29 is 13.2 Å². The number of amides is 1. The van der Waals surface area contributed by atoms with Gasteiger partial charge in [0.1, 0.15) is 0 Å². The number of hydrogen-bond acceptors (Lipinski definition) is 7. The molecule has 3 heterocycles. The van der Waals surface area contributed by atoms with Gasteiger partial charge in [-0.1, -0.05) is 0 Å². The summed E-state index contributed by atoms with van der Waals surface area (Å²) in [5.74, 6) is -0.125. The van der Waals surface area contributed by atoms with E-state index in [9.17, 15) is 13.2 Å². The molecule has 3 rings (SSSR count). The third kappa shape index (κ3) is 4.32.